The third-order valence-electron chi connectivity index (χ3n) is 5.16. The highest BCUT2D eigenvalue weighted by atomic mass is 32.2. The summed E-state index contributed by atoms with van der Waals surface area (Å²) in [6.45, 7) is 4.31. The first kappa shape index (κ1) is 19.2. The van der Waals surface area contributed by atoms with E-state index in [0.717, 1.165) is 47.2 Å². The highest BCUT2D eigenvalue weighted by Gasteiger charge is 2.23. The molecule has 0 bridgehead atoms. The highest BCUT2D eigenvalue weighted by molar-refractivity contribution is 7.99. The summed E-state index contributed by atoms with van der Waals surface area (Å²) >= 11 is 2.89. The van der Waals surface area contributed by atoms with Crippen LogP contribution in [0.4, 0.5) is 5.69 Å². The molecule has 0 saturated carbocycles. The number of carbonyl (C=O) groups excluding carboxylic acids is 1. The summed E-state index contributed by atoms with van der Waals surface area (Å²) in [7, 11) is 0. The van der Waals surface area contributed by atoms with Gasteiger partial charge in [0, 0.05) is 10.6 Å². The van der Waals surface area contributed by atoms with Crippen molar-refractivity contribution < 1.29 is 4.79 Å². The summed E-state index contributed by atoms with van der Waals surface area (Å²) in [5.41, 5.74) is 3.04. The zero-order valence-electron chi connectivity index (χ0n) is 16.0. The Morgan fingerprint density at radius 2 is 2.21 bits per heavy atom. The van der Waals surface area contributed by atoms with E-state index in [4.69, 9.17) is 0 Å². The molecule has 1 amide bonds. The second kappa shape index (κ2) is 8.09. The first-order valence-electron chi connectivity index (χ1n) is 9.60. The van der Waals surface area contributed by atoms with Gasteiger partial charge in [-0.3, -0.25) is 9.59 Å². The molecule has 7 heteroatoms. The number of fused-ring (bicyclic) bond motifs is 3. The van der Waals surface area contributed by atoms with Crippen LogP contribution in [-0.2, 0) is 24.1 Å². The Balaban J connectivity index is 1.49. The van der Waals surface area contributed by atoms with Crippen LogP contribution >= 0.6 is 23.1 Å². The summed E-state index contributed by atoms with van der Waals surface area (Å²) < 4.78 is 0. The molecule has 0 fully saturated rings. The molecule has 0 unspecified atom stereocenters. The van der Waals surface area contributed by atoms with E-state index in [1.54, 1.807) is 11.3 Å². The molecule has 0 spiro atoms. The lowest BCUT2D eigenvalue weighted by Crippen LogP contribution is -2.16. The average molecular weight is 414 g/mol. The number of carbonyl (C=O) groups is 1. The van der Waals surface area contributed by atoms with Crippen molar-refractivity contribution in [3.8, 4) is 0 Å². The molecule has 28 heavy (non-hydrogen) atoms. The van der Waals surface area contributed by atoms with E-state index < -0.39 is 0 Å². The van der Waals surface area contributed by atoms with Crippen LogP contribution in [0.3, 0.4) is 0 Å². The molecule has 2 aromatic heterocycles. The Morgan fingerprint density at radius 3 is 3.04 bits per heavy atom. The van der Waals surface area contributed by atoms with E-state index in [1.807, 2.05) is 24.3 Å². The fraction of sp³-hybridized carbons (Fsp3) is 0.381. The Morgan fingerprint density at radius 1 is 1.39 bits per heavy atom. The van der Waals surface area contributed by atoms with Gasteiger partial charge in [0.2, 0.25) is 5.91 Å². The number of nitrogens with zero attached hydrogens (tertiary/aromatic N) is 1. The summed E-state index contributed by atoms with van der Waals surface area (Å²) in [6.07, 6.45) is 3.95. The smallest absolute Gasteiger partial charge is 0.260 e. The summed E-state index contributed by atoms with van der Waals surface area (Å²) in [5, 5.41) is 4.20. The van der Waals surface area contributed by atoms with E-state index in [0.29, 0.717) is 11.1 Å². The SMILES string of the molecule is CCc1ccccc1NC(=O)CSc1nc2sc3c(c2c(=O)[nH]1)CC[C@@H](C)C3. The largest absolute Gasteiger partial charge is 0.325 e. The second-order valence-electron chi connectivity index (χ2n) is 7.25. The summed E-state index contributed by atoms with van der Waals surface area (Å²) in [5.74, 6) is 0.755. The van der Waals surface area contributed by atoms with E-state index in [-0.39, 0.29) is 17.2 Å². The van der Waals surface area contributed by atoms with Gasteiger partial charge in [-0.15, -0.1) is 11.3 Å². The van der Waals surface area contributed by atoms with Crippen molar-refractivity contribution in [3.63, 3.8) is 0 Å². The first-order chi connectivity index (χ1) is 13.5. The highest BCUT2D eigenvalue weighted by Crippen LogP contribution is 2.36. The van der Waals surface area contributed by atoms with Crippen molar-refractivity contribution in [1.82, 2.24) is 9.97 Å². The van der Waals surface area contributed by atoms with Gasteiger partial charge in [-0.25, -0.2) is 4.98 Å². The molecule has 1 aliphatic rings. The topological polar surface area (TPSA) is 74.8 Å². The average Bonchev–Trinajstić information content (AvgIpc) is 3.04. The lowest BCUT2D eigenvalue weighted by atomic mass is 9.89. The fourth-order valence-corrected chi connectivity index (χ4v) is 5.77. The van der Waals surface area contributed by atoms with Crippen molar-refractivity contribution in [2.75, 3.05) is 11.1 Å². The normalized spacial score (nSPS) is 16.1. The number of hydrogen-bond donors (Lipinski definition) is 2. The van der Waals surface area contributed by atoms with Gasteiger partial charge in [0.15, 0.2) is 5.16 Å². The molecule has 4 rings (SSSR count). The van der Waals surface area contributed by atoms with Gasteiger partial charge >= 0.3 is 0 Å². The number of rotatable bonds is 5. The van der Waals surface area contributed by atoms with Crippen LogP contribution in [0.1, 0.15) is 36.3 Å². The second-order valence-corrected chi connectivity index (χ2v) is 9.30. The van der Waals surface area contributed by atoms with Crippen molar-refractivity contribution in [2.24, 2.45) is 5.92 Å². The Labute approximate surface area is 172 Å². The standard InChI is InChI=1S/C21H23N3O2S2/c1-3-13-6-4-5-7-15(13)22-17(25)11-27-21-23-19(26)18-14-9-8-12(2)10-16(14)28-20(18)24-21/h4-7,12H,3,8-11H2,1-2H3,(H,22,25)(H,23,24,26)/t12-/m1/s1. The van der Waals surface area contributed by atoms with Crippen molar-refractivity contribution >= 4 is 44.9 Å². The number of thiophene rings is 1. The predicted octanol–water partition coefficient (Wildman–Crippen LogP) is 4.40. The number of amides is 1. The number of aromatic nitrogens is 2. The van der Waals surface area contributed by atoms with Crippen molar-refractivity contribution in [2.45, 2.75) is 44.7 Å². The molecule has 146 valence electrons. The zero-order chi connectivity index (χ0) is 19.7. The maximum atomic E-state index is 12.6. The fourth-order valence-electron chi connectivity index (χ4n) is 3.67. The monoisotopic (exact) mass is 413 g/mol. The number of nitrogens with one attached hydrogen (secondary N) is 2. The van der Waals surface area contributed by atoms with Gasteiger partial charge in [-0.1, -0.05) is 43.8 Å². The summed E-state index contributed by atoms with van der Waals surface area (Å²) in [6, 6.07) is 7.79. The molecule has 0 saturated heterocycles. The summed E-state index contributed by atoms with van der Waals surface area (Å²) in [4.78, 5) is 34.6. The first-order valence-corrected chi connectivity index (χ1v) is 11.4. The molecular formula is C21H23N3O2S2. The minimum Gasteiger partial charge on any atom is -0.325 e. The van der Waals surface area contributed by atoms with Gasteiger partial charge in [0.25, 0.3) is 5.56 Å². The maximum absolute atomic E-state index is 12.6. The molecule has 5 nitrogen and oxygen atoms in total. The third kappa shape index (κ3) is 3.86. The van der Waals surface area contributed by atoms with Gasteiger partial charge in [-0.05, 0) is 48.8 Å². The molecule has 0 radical (unpaired) electrons. The van der Waals surface area contributed by atoms with Crippen LogP contribution in [-0.4, -0.2) is 21.6 Å². The van der Waals surface area contributed by atoms with Crippen molar-refractivity contribution in [1.29, 1.82) is 0 Å². The van der Waals surface area contributed by atoms with Gasteiger partial charge in [-0.2, -0.15) is 0 Å². The van der Waals surface area contributed by atoms with Gasteiger partial charge in [0.05, 0.1) is 11.1 Å². The lowest BCUT2D eigenvalue weighted by Gasteiger charge is -2.17. The molecule has 1 atom stereocenters. The molecule has 0 aliphatic heterocycles. The predicted molar refractivity (Wildman–Crippen MR) is 117 cm³/mol. The van der Waals surface area contributed by atoms with Crippen LogP contribution in [0, 0.1) is 5.92 Å². The molecule has 3 aromatic rings. The quantitative estimate of drug-likeness (QED) is 0.480. The molecular weight excluding hydrogens is 390 g/mol. The zero-order valence-corrected chi connectivity index (χ0v) is 17.6. The van der Waals surface area contributed by atoms with Crippen LogP contribution in [0.15, 0.2) is 34.2 Å². The third-order valence-corrected chi connectivity index (χ3v) is 7.18. The van der Waals surface area contributed by atoms with E-state index >= 15 is 0 Å². The molecule has 1 aromatic carbocycles. The number of H-pyrrole nitrogens is 1. The minimum atomic E-state index is -0.104. The number of aromatic amines is 1. The van der Waals surface area contributed by atoms with Gasteiger partial charge in [0.1, 0.15) is 4.83 Å². The molecule has 1 aliphatic carbocycles. The number of thioether (sulfide) groups is 1. The number of aryl methyl sites for hydroxylation is 2. The molecule has 2 heterocycles. The number of anilines is 1. The minimum absolute atomic E-state index is 0.0868. The van der Waals surface area contributed by atoms with Gasteiger partial charge < -0.3 is 10.3 Å². The van der Waals surface area contributed by atoms with Crippen LogP contribution in [0.25, 0.3) is 10.2 Å². The van der Waals surface area contributed by atoms with E-state index in [1.165, 1.54) is 22.2 Å². The van der Waals surface area contributed by atoms with Crippen molar-refractivity contribution in [3.05, 3.63) is 50.6 Å². The number of benzene rings is 1. The lowest BCUT2D eigenvalue weighted by molar-refractivity contribution is -0.113. The number of para-hydroxylation sites is 1. The Bertz CT molecular complexity index is 1090. The maximum Gasteiger partial charge on any atom is 0.260 e. The van der Waals surface area contributed by atoms with E-state index in [2.05, 4.69) is 29.1 Å². The Hall–Kier alpha value is -2.12. The van der Waals surface area contributed by atoms with Crippen LogP contribution in [0.2, 0.25) is 0 Å². The van der Waals surface area contributed by atoms with Crippen LogP contribution in [0.5, 0.6) is 0 Å². The molecule has 2 N–H and O–H groups in total. The van der Waals surface area contributed by atoms with Crippen LogP contribution < -0.4 is 10.9 Å². The number of hydrogen-bond acceptors (Lipinski definition) is 5. The van der Waals surface area contributed by atoms with E-state index in [9.17, 15) is 9.59 Å². The Kier molecular flexibility index (Phi) is 5.55.